The van der Waals surface area contributed by atoms with Gasteiger partial charge in [0.05, 0.1) is 11.4 Å². The first-order valence-electron chi connectivity index (χ1n) is 13.4. The lowest BCUT2D eigenvalue weighted by molar-refractivity contribution is -0.136. The van der Waals surface area contributed by atoms with Crippen LogP contribution in [0.4, 0.5) is 15.8 Å². The fraction of sp³-hybridized carbons (Fsp3) is 0.333. The predicted molar refractivity (Wildman–Crippen MR) is 144 cm³/mol. The van der Waals surface area contributed by atoms with Crippen molar-refractivity contribution >= 4 is 29.1 Å². The maximum atomic E-state index is 15.2. The van der Waals surface area contributed by atoms with Crippen molar-refractivity contribution in [2.24, 2.45) is 0 Å². The van der Waals surface area contributed by atoms with Crippen molar-refractivity contribution < 1.29 is 18.8 Å². The van der Waals surface area contributed by atoms with Gasteiger partial charge in [-0.15, -0.1) is 0 Å². The summed E-state index contributed by atoms with van der Waals surface area (Å²) in [6.45, 7) is 2.47. The number of nitrogens with one attached hydrogen (secondary N) is 2. The maximum Gasteiger partial charge on any atom is 0.255 e. The van der Waals surface area contributed by atoms with E-state index in [1.165, 1.54) is 5.56 Å². The summed E-state index contributed by atoms with van der Waals surface area (Å²) in [5, 5.41) is 5.48. The largest absolute Gasteiger partial charge is 0.353 e. The molecule has 0 spiro atoms. The van der Waals surface area contributed by atoms with E-state index in [4.69, 9.17) is 0 Å². The van der Waals surface area contributed by atoms with Crippen molar-refractivity contribution in [3.63, 3.8) is 0 Å². The number of fused-ring (bicyclic) bond motifs is 1. The minimum atomic E-state index is -0.607. The highest BCUT2D eigenvalue weighted by atomic mass is 19.1. The number of rotatable bonds is 6. The molecule has 8 nitrogen and oxygen atoms in total. The SMILES string of the molecule is O=C1CCC(N2Cc3cc(C4CCN(Cc5nccc(Nc6ccccc6)c5F)CC4)ccc3C2=O)C(=O)N1. The molecule has 1 atom stereocenters. The monoisotopic (exact) mass is 527 g/mol. The molecule has 0 radical (unpaired) electrons. The number of halogens is 1. The van der Waals surface area contributed by atoms with Crippen molar-refractivity contribution in [1.29, 1.82) is 0 Å². The normalized spacial score (nSPS) is 20.2. The van der Waals surface area contributed by atoms with Gasteiger partial charge in [0.25, 0.3) is 5.91 Å². The van der Waals surface area contributed by atoms with Crippen LogP contribution < -0.4 is 10.6 Å². The van der Waals surface area contributed by atoms with Gasteiger partial charge in [0.1, 0.15) is 6.04 Å². The fourth-order valence-electron chi connectivity index (χ4n) is 5.86. The topological polar surface area (TPSA) is 94.6 Å². The van der Waals surface area contributed by atoms with Gasteiger partial charge in [0.2, 0.25) is 11.8 Å². The number of para-hydroxylation sites is 1. The van der Waals surface area contributed by atoms with Crippen LogP contribution in [0.1, 0.15) is 58.8 Å². The van der Waals surface area contributed by atoms with Crippen molar-refractivity contribution in [2.75, 3.05) is 18.4 Å². The van der Waals surface area contributed by atoms with Gasteiger partial charge in [0, 0.05) is 37.0 Å². The molecule has 3 amide bonds. The molecule has 1 unspecified atom stereocenters. The van der Waals surface area contributed by atoms with E-state index in [1.807, 2.05) is 42.5 Å². The smallest absolute Gasteiger partial charge is 0.255 e. The number of nitrogens with zero attached hydrogens (tertiary/aromatic N) is 3. The number of anilines is 2. The van der Waals surface area contributed by atoms with Crippen LogP contribution in [0.5, 0.6) is 0 Å². The summed E-state index contributed by atoms with van der Waals surface area (Å²) in [7, 11) is 0. The zero-order chi connectivity index (χ0) is 26.9. The molecule has 3 aliphatic rings. The van der Waals surface area contributed by atoms with Gasteiger partial charge < -0.3 is 10.2 Å². The summed E-state index contributed by atoms with van der Waals surface area (Å²) >= 11 is 0. The van der Waals surface area contributed by atoms with Crippen LogP contribution in [0.15, 0.2) is 60.8 Å². The Labute approximate surface area is 226 Å². The van der Waals surface area contributed by atoms with Crippen LogP contribution in [-0.2, 0) is 22.7 Å². The lowest BCUT2D eigenvalue weighted by Crippen LogP contribution is -2.52. The van der Waals surface area contributed by atoms with E-state index >= 15 is 4.39 Å². The van der Waals surface area contributed by atoms with Crippen LogP contribution in [-0.4, -0.2) is 51.6 Å². The molecule has 0 saturated carbocycles. The lowest BCUT2D eigenvalue weighted by Gasteiger charge is -2.32. The van der Waals surface area contributed by atoms with Crippen LogP contribution in [0.2, 0.25) is 0 Å². The van der Waals surface area contributed by atoms with Gasteiger partial charge in [-0.3, -0.25) is 29.6 Å². The molecule has 9 heteroatoms. The molecule has 6 rings (SSSR count). The highest BCUT2D eigenvalue weighted by molar-refractivity contribution is 6.05. The molecule has 2 fully saturated rings. The average molecular weight is 528 g/mol. The Morgan fingerprint density at radius 3 is 2.56 bits per heavy atom. The molecule has 2 aromatic carbocycles. The molecule has 200 valence electrons. The van der Waals surface area contributed by atoms with E-state index in [-0.39, 0.29) is 24.1 Å². The van der Waals surface area contributed by atoms with Crippen molar-refractivity contribution in [3.8, 4) is 0 Å². The predicted octanol–water partition coefficient (Wildman–Crippen LogP) is 4.10. The molecule has 0 aliphatic carbocycles. The number of likely N-dealkylation sites (tertiary alicyclic amines) is 1. The van der Waals surface area contributed by atoms with E-state index in [2.05, 4.69) is 26.6 Å². The maximum absolute atomic E-state index is 15.2. The second kappa shape index (κ2) is 10.6. The Hall–Kier alpha value is -4.11. The molecule has 1 aromatic heterocycles. The Morgan fingerprint density at radius 1 is 1.00 bits per heavy atom. The summed E-state index contributed by atoms with van der Waals surface area (Å²) < 4.78 is 15.2. The minimum absolute atomic E-state index is 0.153. The van der Waals surface area contributed by atoms with Crippen LogP contribution in [0, 0.1) is 5.82 Å². The number of imide groups is 1. The van der Waals surface area contributed by atoms with Crippen molar-refractivity contribution in [3.05, 3.63) is 89.0 Å². The van der Waals surface area contributed by atoms with E-state index in [0.29, 0.717) is 42.4 Å². The standard InChI is InChI=1S/C30H30FN5O3/c31-28-24(33-22-4-2-1-3-5-22)10-13-32-25(28)18-35-14-11-19(12-15-35)20-6-7-23-21(16-20)17-36(30(23)39)26-8-9-27(37)34-29(26)38/h1-7,10,13,16,19,26H,8-9,11-12,14-15,17-18H2,(H,32,33)(H,34,37,38). The fourth-order valence-corrected chi connectivity index (χ4v) is 5.86. The number of pyridine rings is 1. The van der Waals surface area contributed by atoms with E-state index < -0.39 is 11.9 Å². The lowest BCUT2D eigenvalue weighted by atomic mass is 9.88. The van der Waals surface area contributed by atoms with E-state index in [9.17, 15) is 14.4 Å². The number of amides is 3. The third kappa shape index (κ3) is 5.14. The number of carbonyl (C=O) groups is 3. The highest BCUT2D eigenvalue weighted by Crippen LogP contribution is 2.34. The second-order valence-electron chi connectivity index (χ2n) is 10.5. The quantitative estimate of drug-likeness (QED) is 0.469. The van der Waals surface area contributed by atoms with Gasteiger partial charge in [0.15, 0.2) is 5.82 Å². The Morgan fingerprint density at radius 2 is 1.79 bits per heavy atom. The van der Waals surface area contributed by atoms with Gasteiger partial charge >= 0.3 is 0 Å². The highest BCUT2D eigenvalue weighted by Gasteiger charge is 2.39. The number of piperidine rings is 2. The second-order valence-corrected chi connectivity index (χ2v) is 10.5. The molecule has 2 N–H and O–H groups in total. The molecule has 2 saturated heterocycles. The number of carbonyl (C=O) groups excluding carboxylic acids is 3. The van der Waals surface area contributed by atoms with E-state index in [1.54, 1.807) is 17.2 Å². The number of hydrogen-bond donors (Lipinski definition) is 2. The summed E-state index contributed by atoms with van der Waals surface area (Å²) in [5.41, 5.74) is 4.42. The molecular weight excluding hydrogens is 497 g/mol. The van der Waals surface area contributed by atoms with Gasteiger partial charge in [-0.25, -0.2) is 4.39 Å². The molecule has 39 heavy (non-hydrogen) atoms. The Kier molecular flexibility index (Phi) is 6.83. The third-order valence-electron chi connectivity index (χ3n) is 7.99. The molecular formula is C30H30FN5O3. The molecule has 0 bridgehead atoms. The first-order valence-corrected chi connectivity index (χ1v) is 13.4. The summed E-state index contributed by atoms with van der Waals surface area (Å²) in [6.07, 6.45) is 4.09. The Balaban J connectivity index is 1.08. The van der Waals surface area contributed by atoms with Crippen LogP contribution in [0.25, 0.3) is 0 Å². The van der Waals surface area contributed by atoms with Crippen LogP contribution in [0.3, 0.4) is 0 Å². The van der Waals surface area contributed by atoms with Gasteiger partial charge in [-0.1, -0.05) is 30.3 Å². The summed E-state index contributed by atoms with van der Waals surface area (Å²) in [5.74, 6) is -0.821. The number of hydrogen-bond acceptors (Lipinski definition) is 6. The van der Waals surface area contributed by atoms with Crippen molar-refractivity contribution in [2.45, 2.75) is 50.7 Å². The first-order chi connectivity index (χ1) is 19.0. The average Bonchev–Trinajstić information content (AvgIpc) is 3.27. The van der Waals surface area contributed by atoms with Gasteiger partial charge in [-0.05, 0) is 73.7 Å². The first kappa shape index (κ1) is 25.2. The van der Waals surface area contributed by atoms with Crippen molar-refractivity contribution in [1.82, 2.24) is 20.1 Å². The molecule has 4 heterocycles. The van der Waals surface area contributed by atoms with Gasteiger partial charge in [-0.2, -0.15) is 0 Å². The minimum Gasteiger partial charge on any atom is -0.353 e. The number of aromatic nitrogens is 1. The van der Waals surface area contributed by atoms with E-state index in [0.717, 1.165) is 37.2 Å². The Bertz CT molecular complexity index is 1420. The van der Waals surface area contributed by atoms with Crippen LogP contribution >= 0.6 is 0 Å². The molecule has 3 aromatic rings. The zero-order valence-corrected chi connectivity index (χ0v) is 21.5. The third-order valence-corrected chi connectivity index (χ3v) is 7.99. The number of benzene rings is 2. The summed E-state index contributed by atoms with van der Waals surface area (Å²) in [6, 6.07) is 16.5. The molecule has 3 aliphatic heterocycles. The summed E-state index contributed by atoms with van der Waals surface area (Å²) in [4.78, 5) is 45.0. The zero-order valence-electron chi connectivity index (χ0n) is 21.5.